The smallest absolute Gasteiger partial charge is 0.245 e. The molecule has 0 N–H and O–H groups in total. The van der Waals surface area contributed by atoms with Crippen LogP contribution < -0.4 is 4.74 Å². The van der Waals surface area contributed by atoms with Crippen LogP contribution in [-0.4, -0.2) is 12.4 Å². The third kappa shape index (κ3) is 2.89. The summed E-state index contributed by atoms with van der Waals surface area (Å²) >= 11 is 5.19. The molecule has 14 heavy (non-hydrogen) atoms. The molecule has 1 rings (SSSR count). The van der Waals surface area contributed by atoms with Gasteiger partial charge in [-0.05, 0) is 53.9 Å². The van der Waals surface area contributed by atoms with Gasteiger partial charge in [0.15, 0.2) is 0 Å². The number of hydrogen-bond donors (Lipinski definition) is 0. The van der Waals surface area contributed by atoms with Gasteiger partial charge in [-0.2, -0.15) is 0 Å². The molecule has 0 saturated carbocycles. The first kappa shape index (κ1) is 10.8. The van der Waals surface area contributed by atoms with E-state index in [2.05, 4.69) is 0 Å². The van der Waals surface area contributed by atoms with E-state index in [0.29, 0.717) is 0 Å². The summed E-state index contributed by atoms with van der Waals surface area (Å²) in [6.07, 6.45) is 3.01. The molecule has 0 atom stereocenters. The summed E-state index contributed by atoms with van der Waals surface area (Å²) in [7, 11) is 1.62. The van der Waals surface area contributed by atoms with Gasteiger partial charge in [0, 0.05) is 0 Å². The number of methoxy groups -OCH3 is 1. The summed E-state index contributed by atoms with van der Waals surface area (Å²) < 4.78 is 5.06. The second kappa shape index (κ2) is 4.82. The van der Waals surface area contributed by atoms with E-state index >= 15 is 0 Å². The van der Waals surface area contributed by atoms with Crippen LogP contribution in [0.15, 0.2) is 24.3 Å². The summed E-state index contributed by atoms with van der Waals surface area (Å²) in [5, 5.41) is -0.472. The number of carbonyl (C=O) groups is 1. The molecule has 0 unspecified atom stereocenters. The second-order valence-corrected chi connectivity index (χ2v) is 3.23. The monoisotopic (exact) mass is 210 g/mol. The van der Waals surface area contributed by atoms with E-state index in [1.165, 1.54) is 6.08 Å². The van der Waals surface area contributed by atoms with Gasteiger partial charge >= 0.3 is 0 Å². The predicted octanol–water partition coefficient (Wildman–Crippen LogP) is 2.78. The molecule has 74 valence electrons. The summed E-state index contributed by atoms with van der Waals surface area (Å²) in [6.45, 7) is 1.95. The van der Waals surface area contributed by atoms with Gasteiger partial charge in [-0.3, -0.25) is 4.79 Å². The molecule has 1 aromatic carbocycles. The number of rotatable bonds is 3. The van der Waals surface area contributed by atoms with Crippen LogP contribution in [0.4, 0.5) is 0 Å². The molecule has 0 fully saturated rings. The first-order valence-corrected chi connectivity index (χ1v) is 4.53. The van der Waals surface area contributed by atoms with E-state index in [0.717, 1.165) is 16.9 Å². The van der Waals surface area contributed by atoms with Gasteiger partial charge in [0.05, 0.1) is 7.11 Å². The summed E-state index contributed by atoms with van der Waals surface area (Å²) in [4.78, 5) is 10.5. The molecule has 0 aliphatic heterocycles. The van der Waals surface area contributed by atoms with Crippen molar-refractivity contribution in [2.75, 3.05) is 7.11 Å². The highest BCUT2D eigenvalue weighted by atomic mass is 35.5. The maximum Gasteiger partial charge on any atom is 0.245 e. The molecular weight excluding hydrogens is 200 g/mol. The molecule has 0 saturated heterocycles. The molecule has 2 nitrogen and oxygen atoms in total. The minimum atomic E-state index is -0.472. The Morgan fingerprint density at radius 2 is 2.21 bits per heavy atom. The lowest BCUT2D eigenvalue weighted by Crippen LogP contribution is -1.86. The van der Waals surface area contributed by atoms with E-state index in [4.69, 9.17) is 16.3 Å². The molecule has 0 radical (unpaired) electrons. The van der Waals surface area contributed by atoms with Crippen molar-refractivity contribution >= 4 is 22.9 Å². The van der Waals surface area contributed by atoms with Gasteiger partial charge in [0.1, 0.15) is 5.75 Å². The maximum absolute atomic E-state index is 10.5. The Morgan fingerprint density at radius 1 is 1.50 bits per heavy atom. The Kier molecular flexibility index (Phi) is 3.72. The zero-order valence-corrected chi connectivity index (χ0v) is 8.84. The minimum Gasteiger partial charge on any atom is -0.497 e. The van der Waals surface area contributed by atoms with E-state index in [1.54, 1.807) is 13.2 Å². The number of carbonyl (C=O) groups excluding carboxylic acids is 1. The lowest BCUT2D eigenvalue weighted by Gasteiger charge is -2.03. The maximum atomic E-state index is 10.5. The predicted molar refractivity (Wildman–Crippen MR) is 57.6 cm³/mol. The Morgan fingerprint density at radius 3 is 2.71 bits per heavy atom. The molecule has 0 aliphatic carbocycles. The quantitative estimate of drug-likeness (QED) is 0.567. The van der Waals surface area contributed by atoms with Crippen molar-refractivity contribution in [2.45, 2.75) is 6.92 Å². The largest absolute Gasteiger partial charge is 0.497 e. The molecular formula is C11H11ClO2. The zero-order chi connectivity index (χ0) is 10.6. The lowest BCUT2D eigenvalue weighted by atomic mass is 10.1. The van der Waals surface area contributed by atoms with E-state index in [-0.39, 0.29) is 0 Å². The van der Waals surface area contributed by atoms with Crippen molar-refractivity contribution < 1.29 is 9.53 Å². The van der Waals surface area contributed by atoms with E-state index in [9.17, 15) is 4.79 Å². The fourth-order valence-corrected chi connectivity index (χ4v) is 1.18. The SMILES string of the molecule is COc1ccc(/C=C/C(=O)Cl)c(C)c1. The standard InChI is InChI=1S/C11H11ClO2/c1-8-7-10(14-2)5-3-9(8)4-6-11(12)13/h3-7H,1-2H3/b6-4+. The van der Waals surface area contributed by atoms with Crippen molar-refractivity contribution in [1.29, 1.82) is 0 Å². The molecule has 0 heterocycles. The third-order valence-electron chi connectivity index (χ3n) is 1.87. The van der Waals surface area contributed by atoms with E-state index in [1.807, 2.05) is 25.1 Å². The molecule has 0 spiro atoms. The van der Waals surface area contributed by atoms with Crippen molar-refractivity contribution in [3.8, 4) is 5.75 Å². The summed E-state index contributed by atoms with van der Waals surface area (Å²) in [5.41, 5.74) is 2.00. The lowest BCUT2D eigenvalue weighted by molar-refractivity contribution is -0.107. The molecule has 3 heteroatoms. The highest BCUT2D eigenvalue weighted by molar-refractivity contribution is 6.66. The van der Waals surface area contributed by atoms with Crippen LogP contribution in [-0.2, 0) is 4.79 Å². The van der Waals surface area contributed by atoms with Crippen molar-refractivity contribution in [2.24, 2.45) is 0 Å². The van der Waals surface area contributed by atoms with Gasteiger partial charge < -0.3 is 4.74 Å². The Balaban J connectivity index is 2.94. The van der Waals surface area contributed by atoms with Gasteiger partial charge in [-0.1, -0.05) is 6.07 Å². The summed E-state index contributed by atoms with van der Waals surface area (Å²) in [5.74, 6) is 0.803. The van der Waals surface area contributed by atoms with Gasteiger partial charge in [0.2, 0.25) is 5.24 Å². The van der Waals surface area contributed by atoms with Crippen LogP contribution in [0.5, 0.6) is 5.75 Å². The minimum absolute atomic E-state index is 0.472. The van der Waals surface area contributed by atoms with Crippen LogP contribution in [0.1, 0.15) is 11.1 Å². The number of ether oxygens (including phenoxy) is 1. The van der Waals surface area contributed by atoms with Crippen LogP contribution >= 0.6 is 11.6 Å². The number of aryl methyl sites for hydroxylation is 1. The molecule has 0 aliphatic rings. The number of benzene rings is 1. The van der Waals surface area contributed by atoms with Crippen molar-refractivity contribution in [3.63, 3.8) is 0 Å². The fourth-order valence-electron chi connectivity index (χ4n) is 1.12. The molecule has 0 amide bonds. The van der Waals surface area contributed by atoms with Crippen LogP contribution in [0.3, 0.4) is 0 Å². The molecule has 1 aromatic rings. The van der Waals surface area contributed by atoms with E-state index < -0.39 is 5.24 Å². The normalized spacial score (nSPS) is 10.5. The average molecular weight is 211 g/mol. The molecule has 0 bridgehead atoms. The van der Waals surface area contributed by atoms with Crippen LogP contribution in [0.2, 0.25) is 0 Å². The Bertz CT molecular complexity index is 370. The van der Waals surface area contributed by atoms with Crippen molar-refractivity contribution in [1.82, 2.24) is 0 Å². The first-order chi connectivity index (χ1) is 6.63. The van der Waals surface area contributed by atoms with Crippen LogP contribution in [0, 0.1) is 6.92 Å². The van der Waals surface area contributed by atoms with Crippen LogP contribution in [0.25, 0.3) is 6.08 Å². The number of hydrogen-bond acceptors (Lipinski definition) is 2. The fraction of sp³-hybridized carbons (Fsp3) is 0.182. The molecule has 0 aromatic heterocycles. The first-order valence-electron chi connectivity index (χ1n) is 4.15. The van der Waals surface area contributed by atoms with Crippen molar-refractivity contribution in [3.05, 3.63) is 35.4 Å². The van der Waals surface area contributed by atoms with Gasteiger partial charge in [-0.15, -0.1) is 0 Å². The number of halogens is 1. The Labute approximate surface area is 88.1 Å². The Hall–Kier alpha value is -1.28. The van der Waals surface area contributed by atoms with Gasteiger partial charge in [0.25, 0.3) is 0 Å². The highest BCUT2D eigenvalue weighted by Crippen LogP contribution is 2.17. The summed E-state index contributed by atoms with van der Waals surface area (Å²) in [6, 6.07) is 5.62. The number of allylic oxidation sites excluding steroid dienone is 1. The average Bonchev–Trinajstić information content (AvgIpc) is 2.15. The topological polar surface area (TPSA) is 26.3 Å². The third-order valence-corrected chi connectivity index (χ3v) is 2.00. The highest BCUT2D eigenvalue weighted by Gasteiger charge is 1.97. The zero-order valence-electron chi connectivity index (χ0n) is 8.08. The van der Waals surface area contributed by atoms with Gasteiger partial charge in [-0.25, -0.2) is 0 Å². The second-order valence-electron chi connectivity index (χ2n) is 2.86.